The van der Waals surface area contributed by atoms with Crippen molar-refractivity contribution in [2.45, 2.75) is 58.0 Å². The zero-order valence-corrected chi connectivity index (χ0v) is 21.9. The van der Waals surface area contributed by atoms with E-state index in [1.165, 1.54) is 17.0 Å². The number of hydrogen-bond acceptors (Lipinski definition) is 7. The minimum atomic E-state index is -1.27. The lowest BCUT2D eigenvalue weighted by atomic mass is 10.1. The van der Waals surface area contributed by atoms with Crippen molar-refractivity contribution >= 4 is 5.91 Å². The lowest BCUT2D eigenvalue weighted by Gasteiger charge is -2.34. The molecule has 0 bridgehead atoms. The molecular formula is C27H41FN4O5. The first-order valence-electron chi connectivity index (χ1n) is 13.1. The molecule has 1 saturated heterocycles. The fourth-order valence-electron chi connectivity index (χ4n) is 4.25. The largest absolute Gasteiger partial charge is 0.388 e. The average molecular weight is 521 g/mol. The number of ether oxygens (including phenoxy) is 2. The second-order valence-corrected chi connectivity index (χ2v) is 10.0. The first kappa shape index (κ1) is 29.2. The van der Waals surface area contributed by atoms with Crippen molar-refractivity contribution in [3.63, 3.8) is 0 Å². The number of benzene rings is 1. The van der Waals surface area contributed by atoms with Crippen LogP contribution in [0.25, 0.3) is 0 Å². The fourth-order valence-corrected chi connectivity index (χ4v) is 4.25. The molecule has 0 spiro atoms. The van der Waals surface area contributed by atoms with Crippen LogP contribution in [0.4, 0.5) is 4.39 Å². The monoisotopic (exact) mass is 520 g/mol. The predicted molar refractivity (Wildman–Crippen MR) is 137 cm³/mol. The van der Waals surface area contributed by atoms with Gasteiger partial charge in [-0.05, 0) is 49.9 Å². The molecular weight excluding hydrogens is 479 g/mol. The van der Waals surface area contributed by atoms with Crippen LogP contribution in [0.1, 0.15) is 49.2 Å². The van der Waals surface area contributed by atoms with E-state index < -0.39 is 30.0 Å². The Labute approximate surface area is 218 Å². The summed E-state index contributed by atoms with van der Waals surface area (Å²) in [6.45, 7) is 7.14. The number of halogens is 1. The molecule has 0 aliphatic carbocycles. The number of nitrogens with zero attached hydrogens (tertiary/aromatic N) is 3. The highest BCUT2D eigenvalue weighted by Gasteiger charge is 2.32. The summed E-state index contributed by atoms with van der Waals surface area (Å²) in [5.41, 5.74) is 0.917. The van der Waals surface area contributed by atoms with Crippen molar-refractivity contribution in [3.05, 3.63) is 53.6 Å². The number of hydrogen-bond donors (Lipinski definition) is 3. The maximum atomic E-state index is 14.6. The summed E-state index contributed by atoms with van der Waals surface area (Å²) < 4.78 is 26.2. The van der Waals surface area contributed by atoms with Gasteiger partial charge in [-0.1, -0.05) is 26.0 Å². The molecule has 2 aromatic rings. The van der Waals surface area contributed by atoms with Crippen LogP contribution in [0, 0.1) is 11.7 Å². The molecule has 37 heavy (non-hydrogen) atoms. The smallest absolute Gasteiger partial charge is 0.256 e. The van der Waals surface area contributed by atoms with Crippen LogP contribution in [-0.2, 0) is 16.0 Å². The number of amides is 1. The normalized spacial score (nSPS) is 23.2. The first-order valence-corrected chi connectivity index (χ1v) is 13.1. The second-order valence-electron chi connectivity index (χ2n) is 10.0. The van der Waals surface area contributed by atoms with Crippen LogP contribution in [0.3, 0.4) is 0 Å². The Hall–Kier alpha value is -2.37. The minimum absolute atomic E-state index is 0.00138. The van der Waals surface area contributed by atoms with Crippen LogP contribution >= 0.6 is 0 Å². The van der Waals surface area contributed by atoms with Crippen molar-refractivity contribution in [1.82, 2.24) is 20.0 Å². The van der Waals surface area contributed by atoms with Crippen molar-refractivity contribution in [2.75, 3.05) is 46.0 Å². The second kappa shape index (κ2) is 15.1. The summed E-state index contributed by atoms with van der Waals surface area (Å²) in [4.78, 5) is 17.3. The lowest BCUT2D eigenvalue weighted by Crippen LogP contribution is -2.50. The van der Waals surface area contributed by atoms with E-state index in [0.29, 0.717) is 38.8 Å². The van der Waals surface area contributed by atoms with Crippen LogP contribution in [0.5, 0.6) is 0 Å². The molecule has 9 nitrogen and oxygen atoms in total. The van der Waals surface area contributed by atoms with Crippen LogP contribution < -0.4 is 0 Å². The fraction of sp³-hybridized carbons (Fsp3) is 0.630. The molecule has 1 aromatic carbocycles. The van der Waals surface area contributed by atoms with E-state index in [1.807, 2.05) is 6.07 Å². The van der Waals surface area contributed by atoms with Gasteiger partial charge in [-0.15, -0.1) is 0 Å². The number of H-pyrrole nitrogens is 1. The molecule has 1 amide bonds. The van der Waals surface area contributed by atoms with Gasteiger partial charge >= 0.3 is 0 Å². The number of aromatic nitrogens is 2. The first-order chi connectivity index (χ1) is 17.8. The van der Waals surface area contributed by atoms with Gasteiger partial charge in [-0.25, -0.2) is 4.39 Å². The number of aliphatic hydroxyl groups excluding tert-OH is 2. The van der Waals surface area contributed by atoms with Gasteiger partial charge in [-0.2, -0.15) is 5.10 Å². The topological polar surface area (TPSA) is 111 Å². The SMILES string of the molecule is CC(C)CCO[C@@H]1CN(C(=O)c2ccccc2F)CCN(Cc2ccn[nH]2)CCCCOC[C@@H](O)[C@H]1O. The number of carbonyl (C=O) groups excluding carboxylic acids is 1. The van der Waals surface area contributed by atoms with E-state index in [-0.39, 0.29) is 18.7 Å². The highest BCUT2D eigenvalue weighted by atomic mass is 19.1. The zero-order chi connectivity index (χ0) is 26.6. The molecule has 0 unspecified atom stereocenters. The van der Waals surface area contributed by atoms with Gasteiger partial charge < -0.3 is 24.6 Å². The Balaban J connectivity index is 1.85. The molecule has 1 aromatic heterocycles. The zero-order valence-electron chi connectivity index (χ0n) is 21.9. The van der Waals surface area contributed by atoms with Gasteiger partial charge in [0.2, 0.25) is 0 Å². The van der Waals surface area contributed by atoms with E-state index in [1.54, 1.807) is 18.3 Å². The molecule has 1 aliphatic rings. The molecule has 10 heteroatoms. The predicted octanol–water partition coefficient (Wildman–Crippen LogP) is 2.46. The standard InChI is InChI=1S/C27H41FN4O5/c1-20(2)10-16-37-25-18-32(27(35)22-7-3-4-8-23(22)28)14-13-31(17-21-9-11-29-30-21)12-5-6-15-36-19-24(33)26(25)34/h3-4,7-9,11,20,24-26,33-34H,5-6,10,12-19H2,1-2H3,(H,29,30)/t24-,25-,26-/m1/s1. The highest BCUT2D eigenvalue weighted by Crippen LogP contribution is 2.16. The Morgan fingerprint density at radius 3 is 2.76 bits per heavy atom. The highest BCUT2D eigenvalue weighted by molar-refractivity contribution is 5.94. The van der Waals surface area contributed by atoms with E-state index in [2.05, 4.69) is 28.9 Å². The van der Waals surface area contributed by atoms with Crippen LogP contribution in [0.15, 0.2) is 36.5 Å². The summed E-state index contributed by atoms with van der Waals surface area (Å²) >= 11 is 0. The summed E-state index contributed by atoms with van der Waals surface area (Å²) in [6, 6.07) is 7.79. The Morgan fingerprint density at radius 1 is 1.22 bits per heavy atom. The number of carbonyl (C=O) groups is 1. The van der Waals surface area contributed by atoms with Crippen LogP contribution in [0.2, 0.25) is 0 Å². The molecule has 3 N–H and O–H groups in total. The van der Waals surface area contributed by atoms with E-state index in [0.717, 1.165) is 31.5 Å². The molecule has 3 atom stereocenters. The van der Waals surface area contributed by atoms with E-state index in [9.17, 15) is 19.4 Å². The van der Waals surface area contributed by atoms with Gasteiger partial charge in [0, 0.05) is 51.3 Å². The molecule has 2 heterocycles. The number of nitrogens with one attached hydrogen (secondary N) is 1. The van der Waals surface area contributed by atoms with Crippen molar-refractivity contribution in [2.24, 2.45) is 5.92 Å². The van der Waals surface area contributed by atoms with Crippen molar-refractivity contribution in [1.29, 1.82) is 0 Å². The summed E-state index contributed by atoms with van der Waals surface area (Å²) in [7, 11) is 0. The van der Waals surface area contributed by atoms with Gasteiger partial charge in [0.15, 0.2) is 0 Å². The number of aliphatic hydroxyl groups is 2. The third-order valence-corrected chi connectivity index (χ3v) is 6.53. The molecule has 0 radical (unpaired) electrons. The van der Waals surface area contributed by atoms with Crippen LogP contribution in [-0.4, -0.2) is 100 Å². The minimum Gasteiger partial charge on any atom is -0.388 e. The van der Waals surface area contributed by atoms with Gasteiger partial charge in [0.25, 0.3) is 5.91 Å². The molecule has 1 aliphatic heterocycles. The summed E-state index contributed by atoms with van der Waals surface area (Å²) in [6.07, 6.45) is 0.796. The van der Waals surface area contributed by atoms with Gasteiger partial charge in [0.05, 0.1) is 12.2 Å². The maximum Gasteiger partial charge on any atom is 0.256 e. The molecule has 1 fully saturated rings. The van der Waals surface area contributed by atoms with E-state index in [4.69, 9.17) is 9.47 Å². The lowest BCUT2D eigenvalue weighted by molar-refractivity contribution is -0.116. The third-order valence-electron chi connectivity index (χ3n) is 6.53. The Bertz CT molecular complexity index is 929. The molecule has 0 saturated carbocycles. The van der Waals surface area contributed by atoms with Crippen molar-refractivity contribution < 1.29 is 28.9 Å². The number of rotatable bonds is 7. The van der Waals surface area contributed by atoms with E-state index >= 15 is 0 Å². The Kier molecular flexibility index (Phi) is 11.9. The third kappa shape index (κ3) is 9.46. The summed E-state index contributed by atoms with van der Waals surface area (Å²) in [5, 5.41) is 28.6. The van der Waals surface area contributed by atoms with Crippen molar-refractivity contribution in [3.8, 4) is 0 Å². The summed E-state index contributed by atoms with van der Waals surface area (Å²) in [5.74, 6) is -0.703. The van der Waals surface area contributed by atoms with Gasteiger partial charge in [0.1, 0.15) is 24.1 Å². The average Bonchev–Trinajstić information content (AvgIpc) is 3.39. The maximum absolute atomic E-state index is 14.6. The Morgan fingerprint density at radius 2 is 2.03 bits per heavy atom. The number of aromatic amines is 1. The van der Waals surface area contributed by atoms with Gasteiger partial charge in [-0.3, -0.25) is 14.8 Å². The molecule has 3 rings (SSSR count). The quantitative estimate of drug-likeness (QED) is 0.514. The molecule has 206 valence electrons.